The van der Waals surface area contributed by atoms with E-state index in [1.165, 1.54) is 54.7 Å². The highest BCUT2D eigenvalue weighted by Gasteiger charge is 2.15. The van der Waals surface area contributed by atoms with E-state index in [9.17, 15) is 0 Å². The molecule has 0 unspecified atom stereocenters. The number of benzene rings is 6. The Kier molecular flexibility index (Phi) is 4.26. The zero-order chi connectivity index (χ0) is 24.3. The molecule has 0 spiro atoms. The number of imidazole rings is 1. The van der Waals surface area contributed by atoms with Gasteiger partial charge in [0.2, 0.25) is 0 Å². The van der Waals surface area contributed by atoms with Crippen molar-refractivity contribution in [2.45, 2.75) is 0 Å². The van der Waals surface area contributed by atoms with Crippen LogP contribution in [0.15, 0.2) is 133 Å². The van der Waals surface area contributed by atoms with Crippen molar-refractivity contribution in [3.05, 3.63) is 133 Å². The molecule has 6 aromatic carbocycles. The smallest absolute Gasteiger partial charge is 0.146 e. The Hall–Kier alpha value is -4.95. The average Bonchev–Trinajstić information content (AvgIpc) is 3.37. The SMILES string of the molecule is c1ccc(-c2ccc3c4ccc(-c5ccc6ccccc6c5)cc4c4nc5ccccc5n4c3c2)cc1. The summed E-state index contributed by atoms with van der Waals surface area (Å²) in [7, 11) is 0. The first kappa shape index (κ1) is 20.3. The summed E-state index contributed by atoms with van der Waals surface area (Å²) in [6.07, 6.45) is 0. The molecule has 0 N–H and O–H groups in total. The van der Waals surface area contributed by atoms with Gasteiger partial charge in [-0.3, -0.25) is 4.40 Å². The summed E-state index contributed by atoms with van der Waals surface area (Å²) in [6.45, 7) is 0. The lowest BCUT2D eigenvalue weighted by atomic mass is 9.96. The molecule has 0 radical (unpaired) electrons. The molecule has 0 aliphatic heterocycles. The van der Waals surface area contributed by atoms with Crippen LogP contribution < -0.4 is 0 Å². The predicted octanol–water partition coefficient (Wildman–Crippen LogP) is 9.28. The van der Waals surface area contributed by atoms with Gasteiger partial charge < -0.3 is 0 Å². The maximum Gasteiger partial charge on any atom is 0.146 e. The molecular weight excluding hydrogens is 448 g/mol. The molecule has 2 nitrogen and oxygen atoms in total. The van der Waals surface area contributed by atoms with Crippen LogP contribution in [-0.2, 0) is 0 Å². The van der Waals surface area contributed by atoms with E-state index < -0.39 is 0 Å². The molecule has 0 aliphatic rings. The van der Waals surface area contributed by atoms with Gasteiger partial charge in [0.1, 0.15) is 5.65 Å². The molecule has 2 aromatic heterocycles. The standard InChI is InChI=1S/C35H22N2/c1-2-8-23(9-3-1)28-17-19-30-29-18-16-27(26-15-14-24-10-4-5-11-25(24)20-26)21-31(29)35-36-32-12-6-7-13-33(32)37(35)34(30)22-28/h1-22H. The third kappa shape index (κ3) is 3.09. The average molecular weight is 471 g/mol. The minimum absolute atomic E-state index is 0.997. The number of fused-ring (bicyclic) bond motifs is 9. The Balaban J connectivity index is 1.46. The van der Waals surface area contributed by atoms with E-state index in [4.69, 9.17) is 4.98 Å². The first-order chi connectivity index (χ1) is 18.3. The fraction of sp³-hybridized carbons (Fsp3) is 0. The number of nitrogens with zero attached hydrogens (tertiary/aromatic N) is 2. The van der Waals surface area contributed by atoms with Crippen molar-refractivity contribution in [1.82, 2.24) is 9.38 Å². The Bertz CT molecular complexity index is 2140. The van der Waals surface area contributed by atoms with Crippen LogP contribution >= 0.6 is 0 Å². The van der Waals surface area contributed by atoms with Crippen molar-refractivity contribution >= 4 is 49.1 Å². The van der Waals surface area contributed by atoms with Gasteiger partial charge in [-0.05, 0) is 68.7 Å². The number of hydrogen-bond donors (Lipinski definition) is 0. The van der Waals surface area contributed by atoms with Crippen molar-refractivity contribution in [2.24, 2.45) is 0 Å². The van der Waals surface area contributed by atoms with Crippen LogP contribution in [0.25, 0.3) is 71.4 Å². The lowest BCUT2D eigenvalue weighted by Crippen LogP contribution is -1.93. The number of hydrogen-bond acceptors (Lipinski definition) is 1. The van der Waals surface area contributed by atoms with Crippen LogP contribution in [0, 0.1) is 0 Å². The predicted molar refractivity (Wildman–Crippen MR) is 156 cm³/mol. The minimum atomic E-state index is 0.997. The number of rotatable bonds is 2. The molecule has 0 aliphatic carbocycles. The lowest BCUT2D eigenvalue weighted by Gasteiger charge is -2.13. The normalized spacial score (nSPS) is 11.8. The number of pyridine rings is 1. The lowest BCUT2D eigenvalue weighted by molar-refractivity contribution is 1.31. The maximum atomic E-state index is 5.14. The molecular formula is C35H22N2. The molecule has 8 rings (SSSR count). The third-order valence-corrected chi connectivity index (χ3v) is 7.54. The molecule has 0 bridgehead atoms. The van der Waals surface area contributed by atoms with Crippen LogP contribution in [-0.4, -0.2) is 9.38 Å². The summed E-state index contributed by atoms with van der Waals surface area (Å²) < 4.78 is 2.34. The summed E-state index contributed by atoms with van der Waals surface area (Å²) in [5, 5.41) is 6.14. The van der Waals surface area contributed by atoms with Crippen molar-refractivity contribution in [2.75, 3.05) is 0 Å². The maximum absolute atomic E-state index is 5.14. The summed E-state index contributed by atoms with van der Waals surface area (Å²) in [5.74, 6) is 0. The quantitative estimate of drug-likeness (QED) is 0.230. The van der Waals surface area contributed by atoms with Gasteiger partial charge in [0.15, 0.2) is 0 Å². The van der Waals surface area contributed by atoms with Crippen LogP contribution in [0.5, 0.6) is 0 Å². The van der Waals surface area contributed by atoms with Gasteiger partial charge in [0.05, 0.1) is 16.6 Å². The zero-order valence-corrected chi connectivity index (χ0v) is 20.1. The fourth-order valence-electron chi connectivity index (χ4n) is 5.72. The Morgan fingerprint density at radius 1 is 0.405 bits per heavy atom. The first-order valence-electron chi connectivity index (χ1n) is 12.6. The topological polar surface area (TPSA) is 17.3 Å². The molecule has 172 valence electrons. The molecule has 0 amide bonds. The molecule has 8 aromatic rings. The highest BCUT2D eigenvalue weighted by atomic mass is 15.0. The second-order valence-corrected chi connectivity index (χ2v) is 9.68. The second kappa shape index (κ2) is 7.78. The molecule has 0 atom stereocenters. The summed E-state index contributed by atoms with van der Waals surface area (Å²) in [6, 6.07) is 47.9. The van der Waals surface area contributed by atoms with Crippen LogP contribution in [0.4, 0.5) is 0 Å². The molecule has 0 fully saturated rings. The highest BCUT2D eigenvalue weighted by Crippen LogP contribution is 2.37. The Morgan fingerprint density at radius 2 is 1.08 bits per heavy atom. The van der Waals surface area contributed by atoms with Crippen molar-refractivity contribution in [3.8, 4) is 22.3 Å². The fourth-order valence-corrected chi connectivity index (χ4v) is 5.72. The van der Waals surface area contributed by atoms with E-state index >= 15 is 0 Å². The van der Waals surface area contributed by atoms with Gasteiger partial charge in [0, 0.05) is 10.8 Å². The molecule has 0 saturated carbocycles. The van der Waals surface area contributed by atoms with E-state index in [1.54, 1.807) is 0 Å². The minimum Gasteiger partial charge on any atom is -0.292 e. The Labute approximate surface area is 214 Å². The van der Waals surface area contributed by atoms with E-state index in [0.29, 0.717) is 0 Å². The first-order valence-corrected chi connectivity index (χ1v) is 12.6. The molecule has 0 saturated heterocycles. The number of para-hydroxylation sites is 2. The molecule has 2 heteroatoms. The highest BCUT2D eigenvalue weighted by molar-refractivity contribution is 6.15. The summed E-state index contributed by atoms with van der Waals surface area (Å²) >= 11 is 0. The summed E-state index contributed by atoms with van der Waals surface area (Å²) in [5.41, 5.74) is 9.16. The van der Waals surface area contributed by atoms with E-state index in [0.717, 1.165) is 16.7 Å². The van der Waals surface area contributed by atoms with Gasteiger partial charge >= 0.3 is 0 Å². The van der Waals surface area contributed by atoms with E-state index in [2.05, 4.69) is 138 Å². The van der Waals surface area contributed by atoms with Gasteiger partial charge in [-0.1, -0.05) is 103 Å². The van der Waals surface area contributed by atoms with Crippen LogP contribution in [0.2, 0.25) is 0 Å². The van der Waals surface area contributed by atoms with Crippen molar-refractivity contribution in [3.63, 3.8) is 0 Å². The monoisotopic (exact) mass is 470 g/mol. The van der Waals surface area contributed by atoms with Crippen molar-refractivity contribution in [1.29, 1.82) is 0 Å². The van der Waals surface area contributed by atoms with Crippen LogP contribution in [0.1, 0.15) is 0 Å². The van der Waals surface area contributed by atoms with E-state index in [-0.39, 0.29) is 0 Å². The molecule has 2 heterocycles. The van der Waals surface area contributed by atoms with Gasteiger partial charge in [-0.25, -0.2) is 4.98 Å². The van der Waals surface area contributed by atoms with Crippen molar-refractivity contribution < 1.29 is 0 Å². The van der Waals surface area contributed by atoms with Gasteiger partial charge in [-0.2, -0.15) is 0 Å². The van der Waals surface area contributed by atoms with Gasteiger partial charge in [0.25, 0.3) is 0 Å². The second-order valence-electron chi connectivity index (χ2n) is 9.68. The number of aromatic nitrogens is 2. The van der Waals surface area contributed by atoms with Crippen LogP contribution in [0.3, 0.4) is 0 Å². The zero-order valence-electron chi connectivity index (χ0n) is 20.1. The van der Waals surface area contributed by atoms with E-state index in [1.807, 2.05) is 0 Å². The largest absolute Gasteiger partial charge is 0.292 e. The van der Waals surface area contributed by atoms with Gasteiger partial charge in [-0.15, -0.1) is 0 Å². The molecule has 37 heavy (non-hydrogen) atoms. The summed E-state index contributed by atoms with van der Waals surface area (Å²) in [4.78, 5) is 5.14. The Morgan fingerprint density at radius 3 is 1.97 bits per heavy atom. The third-order valence-electron chi connectivity index (χ3n) is 7.54.